The molecule has 116 valence electrons. The van der Waals surface area contributed by atoms with Gasteiger partial charge in [0.05, 0.1) is 17.3 Å². The normalized spacial score (nSPS) is 27.7. The molecule has 0 aliphatic carbocycles. The molecular weight excluding hydrogens is 286 g/mol. The molecular formula is C19H19N3O. The van der Waals surface area contributed by atoms with E-state index in [1.54, 1.807) is 0 Å². The van der Waals surface area contributed by atoms with Crippen LogP contribution in [0.25, 0.3) is 0 Å². The molecule has 3 aliphatic heterocycles. The number of fused-ring (bicyclic) bond motifs is 6. The van der Waals surface area contributed by atoms with Crippen LogP contribution in [0.2, 0.25) is 0 Å². The van der Waals surface area contributed by atoms with E-state index in [9.17, 15) is 4.79 Å². The molecule has 3 heterocycles. The third kappa shape index (κ3) is 1.63. The molecule has 5 rings (SSSR count). The number of hydrogen-bond donors (Lipinski definition) is 1. The van der Waals surface area contributed by atoms with Gasteiger partial charge in [0.15, 0.2) is 0 Å². The molecule has 0 radical (unpaired) electrons. The highest BCUT2D eigenvalue weighted by Crippen LogP contribution is 2.46. The number of likely N-dealkylation sites (N-methyl/N-ethyl adjacent to an activating group) is 1. The minimum absolute atomic E-state index is 0.0727. The van der Waals surface area contributed by atoms with Crippen LogP contribution in [-0.4, -0.2) is 36.6 Å². The smallest absolute Gasteiger partial charge is 0.257 e. The predicted octanol–water partition coefficient (Wildman–Crippen LogP) is 2.89. The Morgan fingerprint density at radius 2 is 1.87 bits per heavy atom. The van der Waals surface area contributed by atoms with E-state index < -0.39 is 0 Å². The van der Waals surface area contributed by atoms with Crippen LogP contribution in [0.4, 0.5) is 11.4 Å². The van der Waals surface area contributed by atoms with Crippen LogP contribution in [0.1, 0.15) is 28.3 Å². The van der Waals surface area contributed by atoms with Crippen LogP contribution in [-0.2, 0) is 0 Å². The van der Waals surface area contributed by atoms with Gasteiger partial charge in [-0.2, -0.15) is 0 Å². The number of hydrogen-bond acceptors (Lipinski definition) is 3. The molecule has 0 aromatic heterocycles. The number of piperidine rings is 1. The molecule has 3 atom stereocenters. The van der Waals surface area contributed by atoms with Gasteiger partial charge in [-0.05, 0) is 30.2 Å². The number of amides is 1. The van der Waals surface area contributed by atoms with Gasteiger partial charge in [-0.15, -0.1) is 0 Å². The summed E-state index contributed by atoms with van der Waals surface area (Å²) >= 11 is 0. The molecule has 3 aliphatic rings. The van der Waals surface area contributed by atoms with E-state index in [-0.39, 0.29) is 18.1 Å². The van der Waals surface area contributed by atoms with Crippen LogP contribution in [0, 0.1) is 0 Å². The first-order valence-corrected chi connectivity index (χ1v) is 8.24. The van der Waals surface area contributed by atoms with E-state index in [1.165, 1.54) is 11.3 Å². The summed E-state index contributed by atoms with van der Waals surface area (Å²) in [5, 5.41) is 3.68. The van der Waals surface area contributed by atoms with Crippen molar-refractivity contribution in [1.29, 1.82) is 0 Å². The summed E-state index contributed by atoms with van der Waals surface area (Å²) in [7, 11) is 2.11. The molecule has 1 fully saturated rings. The number of nitrogens with zero attached hydrogens (tertiary/aromatic N) is 2. The predicted molar refractivity (Wildman–Crippen MR) is 90.9 cm³/mol. The molecule has 2 aromatic rings. The van der Waals surface area contributed by atoms with Gasteiger partial charge in [0.1, 0.15) is 6.17 Å². The lowest BCUT2D eigenvalue weighted by molar-refractivity contribution is 0.0548. The van der Waals surface area contributed by atoms with Crippen LogP contribution < -0.4 is 10.2 Å². The topological polar surface area (TPSA) is 35.6 Å². The van der Waals surface area contributed by atoms with Crippen molar-refractivity contribution in [2.45, 2.75) is 24.5 Å². The van der Waals surface area contributed by atoms with E-state index >= 15 is 0 Å². The van der Waals surface area contributed by atoms with E-state index in [0.29, 0.717) is 5.92 Å². The fourth-order valence-electron chi connectivity index (χ4n) is 4.58. The monoisotopic (exact) mass is 305 g/mol. The Kier molecular flexibility index (Phi) is 2.55. The van der Waals surface area contributed by atoms with Crippen molar-refractivity contribution in [2.24, 2.45) is 0 Å². The highest BCUT2D eigenvalue weighted by Gasteiger charge is 2.49. The SMILES string of the molecule is CN1c2ccccc2C(=O)N2CC[C@H]3c4ccccc4N[C@@H]3C21. The number of nitrogens with one attached hydrogen (secondary N) is 1. The second-order valence-corrected chi connectivity index (χ2v) is 6.69. The van der Waals surface area contributed by atoms with Gasteiger partial charge in [-0.1, -0.05) is 30.3 Å². The third-order valence-electron chi connectivity index (χ3n) is 5.61. The fourth-order valence-corrected chi connectivity index (χ4v) is 4.58. The zero-order valence-corrected chi connectivity index (χ0v) is 13.1. The standard InChI is InChI=1S/C19H19N3O/c1-21-16-9-5-3-7-14(16)19(23)22-11-10-13-12-6-2-4-8-15(12)20-17(13)18(21)22/h2-9,13,17-18,20H,10-11H2,1H3/t13-,17-,18?/m0/s1. The summed E-state index contributed by atoms with van der Waals surface area (Å²) in [6.45, 7) is 0.819. The molecule has 0 spiro atoms. The Labute approximate surface area is 135 Å². The fraction of sp³-hybridized carbons (Fsp3) is 0.316. The Balaban J connectivity index is 1.60. The van der Waals surface area contributed by atoms with Crippen LogP contribution >= 0.6 is 0 Å². The Morgan fingerprint density at radius 1 is 1.09 bits per heavy atom. The Morgan fingerprint density at radius 3 is 2.78 bits per heavy atom. The zero-order chi connectivity index (χ0) is 15.6. The largest absolute Gasteiger partial charge is 0.377 e. The van der Waals surface area contributed by atoms with E-state index in [0.717, 1.165) is 24.2 Å². The number of carbonyl (C=O) groups excluding carboxylic acids is 1. The van der Waals surface area contributed by atoms with Crippen molar-refractivity contribution in [3.8, 4) is 0 Å². The first-order valence-electron chi connectivity index (χ1n) is 8.24. The van der Waals surface area contributed by atoms with E-state index in [1.807, 2.05) is 23.1 Å². The number of anilines is 2. The zero-order valence-electron chi connectivity index (χ0n) is 13.1. The van der Waals surface area contributed by atoms with E-state index in [4.69, 9.17) is 0 Å². The maximum Gasteiger partial charge on any atom is 0.257 e. The van der Waals surface area contributed by atoms with Crippen molar-refractivity contribution in [3.05, 3.63) is 59.7 Å². The van der Waals surface area contributed by atoms with Crippen molar-refractivity contribution in [1.82, 2.24) is 4.90 Å². The summed E-state index contributed by atoms with van der Waals surface area (Å²) in [6.07, 6.45) is 1.09. The maximum atomic E-state index is 12.9. The van der Waals surface area contributed by atoms with Crippen LogP contribution in [0.5, 0.6) is 0 Å². The Bertz CT molecular complexity index is 803. The lowest BCUT2D eigenvalue weighted by Gasteiger charge is -2.51. The highest BCUT2D eigenvalue weighted by atomic mass is 16.2. The summed E-state index contributed by atoms with van der Waals surface area (Å²) in [6, 6.07) is 16.8. The molecule has 4 nitrogen and oxygen atoms in total. The van der Waals surface area contributed by atoms with E-state index in [2.05, 4.69) is 47.6 Å². The number of carbonyl (C=O) groups is 1. The summed E-state index contributed by atoms with van der Waals surface area (Å²) in [4.78, 5) is 17.2. The van der Waals surface area contributed by atoms with Crippen molar-refractivity contribution in [2.75, 3.05) is 23.8 Å². The van der Waals surface area contributed by atoms with Gasteiger partial charge in [0, 0.05) is 25.2 Å². The summed E-state index contributed by atoms with van der Waals surface area (Å²) < 4.78 is 0. The molecule has 0 saturated carbocycles. The summed E-state index contributed by atoms with van der Waals surface area (Å²) in [5.41, 5.74) is 4.48. The van der Waals surface area contributed by atoms with Crippen molar-refractivity contribution >= 4 is 17.3 Å². The molecule has 1 unspecified atom stereocenters. The van der Waals surface area contributed by atoms with Crippen LogP contribution in [0.3, 0.4) is 0 Å². The molecule has 1 amide bonds. The van der Waals surface area contributed by atoms with Gasteiger partial charge >= 0.3 is 0 Å². The van der Waals surface area contributed by atoms with Crippen molar-refractivity contribution < 1.29 is 4.79 Å². The quantitative estimate of drug-likeness (QED) is 0.813. The minimum atomic E-state index is 0.0727. The second kappa shape index (κ2) is 4.51. The lowest BCUT2D eigenvalue weighted by atomic mass is 9.84. The van der Waals surface area contributed by atoms with Gasteiger partial charge in [-0.3, -0.25) is 4.79 Å². The first-order chi connectivity index (χ1) is 11.3. The van der Waals surface area contributed by atoms with Gasteiger partial charge in [0.25, 0.3) is 5.91 Å². The molecule has 1 N–H and O–H groups in total. The number of para-hydroxylation sites is 2. The average molecular weight is 305 g/mol. The Hall–Kier alpha value is -2.49. The molecule has 1 saturated heterocycles. The molecule has 23 heavy (non-hydrogen) atoms. The highest BCUT2D eigenvalue weighted by molar-refractivity contribution is 6.02. The number of rotatable bonds is 0. The molecule has 2 aromatic carbocycles. The van der Waals surface area contributed by atoms with Gasteiger partial charge < -0.3 is 15.1 Å². The first kappa shape index (κ1) is 13.0. The summed E-state index contributed by atoms with van der Waals surface area (Å²) in [5.74, 6) is 0.646. The minimum Gasteiger partial charge on any atom is -0.377 e. The molecule has 0 bridgehead atoms. The second-order valence-electron chi connectivity index (χ2n) is 6.69. The van der Waals surface area contributed by atoms with Gasteiger partial charge in [-0.25, -0.2) is 0 Å². The maximum absolute atomic E-state index is 12.9. The molecule has 4 heteroatoms. The third-order valence-corrected chi connectivity index (χ3v) is 5.61. The van der Waals surface area contributed by atoms with Crippen molar-refractivity contribution in [3.63, 3.8) is 0 Å². The average Bonchev–Trinajstić information content (AvgIpc) is 2.98. The van der Waals surface area contributed by atoms with Gasteiger partial charge in [0.2, 0.25) is 0 Å². The van der Waals surface area contributed by atoms with Crippen LogP contribution in [0.15, 0.2) is 48.5 Å². The lowest BCUT2D eigenvalue weighted by Crippen LogP contribution is -2.64. The number of benzene rings is 2.